The molecule has 1 aromatic rings. The van der Waals surface area contributed by atoms with Crippen LogP contribution < -0.4 is 0 Å². The normalized spacial score (nSPS) is 25.1. The number of carbonyl (C=O) groups is 1. The van der Waals surface area contributed by atoms with E-state index in [9.17, 15) is 4.79 Å². The SMILES string of the molecule is CC1CCN(C(=O)c2ccc(Br)s2)C1CBr. The number of amides is 1. The van der Waals surface area contributed by atoms with E-state index in [4.69, 9.17) is 0 Å². The highest BCUT2D eigenvalue weighted by Crippen LogP contribution is 2.30. The first-order valence-corrected chi connectivity index (χ1v) is 7.99. The third-order valence-electron chi connectivity index (χ3n) is 3.09. The van der Waals surface area contributed by atoms with E-state index in [0.29, 0.717) is 12.0 Å². The smallest absolute Gasteiger partial charge is 0.264 e. The van der Waals surface area contributed by atoms with Crippen molar-refractivity contribution in [3.63, 3.8) is 0 Å². The summed E-state index contributed by atoms with van der Waals surface area (Å²) >= 11 is 8.40. The van der Waals surface area contributed by atoms with Gasteiger partial charge in [-0.1, -0.05) is 22.9 Å². The average Bonchev–Trinajstić information content (AvgIpc) is 2.83. The van der Waals surface area contributed by atoms with E-state index in [0.717, 1.165) is 27.0 Å². The molecule has 1 saturated heterocycles. The molecule has 88 valence electrons. The second-order valence-corrected chi connectivity index (χ2v) is 7.20. The van der Waals surface area contributed by atoms with Crippen LogP contribution in [0.3, 0.4) is 0 Å². The van der Waals surface area contributed by atoms with Crippen LogP contribution in [0, 0.1) is 5.92 Å². The number of thiophene rings is 1. The van der Waals surface area contributed by atoms with Gasteiger partial charge in [-0.25, -0.2) is 0 Å². The molecule has 0 spiro atoms. The van der Waals surface area contributed by atoms with Gasteiger partial charge >= 0.3 is 0 Å². The van der Waals surface area contributed by atoms with E-state index in [2.05, 4.69) is 38.8 Å². The maximum absolute atomic E-state index is 12.3. The van der Waals surface area contributed by atoms with Crippen LogP contribution in [0.1, 0.15) is 23.0 Å². The van der Waals surface area contributed by atoms with E-state index in [1.807, 2.05) is 17.0 Å². The van der Waals surface area contributed by atoms with Gasteiger partial charge in [-0.3, -0.25) is 4.79 Å². The molecule has 1 aromatic heterocycles. The summed E-state index contributed by atoms with van der Waals surface area (Å²) in [4.78, 5) is 15.1. The highest BCUT2D eigenvalue weighted by molar-refractivity contribution is 9.11. The summed E-state index contributed by atoms with van der Waals surface area (Å²) in [6.45, 7) is 3.09. The molecule has 16 heavy (non-hydrogen) atoms. The fraction of sp³-hybridized carbons (Fsp3) is 0.545. The molecular weight excluding hydrogens is 354 g/mol. The molecule has 2 unspecified atom stereocenters. The number of halogens is 2. The molecule has 0 aliphatic carbocycles. The van der Waals surface area contributed by atoms with Crippen molar-refractivity contribution < 1.29 is 4.79 Å². The Bertz CT molecular complexity index is 393. The molecule has 0 N–H and O–H groups in total. The number of hydrogen-bond donors (Lipinski definition) is 0. The Morgan fingerprint density at radius 3 is 2.94 bits per heavy atom. The fourth-order valence-electron chi connectivity index (χ4n) is 2.07. The van der Waals surface area contributed by atoms with Crippen LogP contribution >= 0.6 is 43.2 Å². The Labute approximate surface area is 116 Å². The second-order valence-electron chi connectivity index (χ2n) is 4.09. The Kier molecular flexibility index (Phi) is 4.08. The van der Waals surface area contributed by atoms with Crippen molar-refractivity contribution in [1.29, 1.82) is 0 Å². The Hall–Kier alpha value is 0.130. The number of rotatable bonds is 2. The summed E-state index contributed by atoms with van der Waals surface area (Å²) in [5.41, 5.74) is 0. The summed E-state index contributed by atoms with van der Waals surface area (Å²) in [6, 6.07) is 4.17. The van der Waals surface area contributed by atoms with Crippen LogP contribution in [0.5, 0.6) is 0 Å². The van der Waals surface area contributed by atoms with Crippen LogP contribution in [-0.4, -0.2) is 28.7 Å². The van der Waals surface area contributed by atoms with Crippen molar-refractivity contribution in [1.82, 2.24) is 4.90 Å². The highest BCUT2D eigenvalue weighted by Gasteiger charge is 2.34. The van der Waals surface area contributed by atoms with Gasteiger partial charge in [0, 0.05) is 17.9 Å². The van der Waals surface area contributed by atoms with E-state index in [-0.39, 0.29) is 5.91 Å². The lowest BCUT2D eigenvalue weighted by atomic mass is 10.1. The third-order valence-corrected chi connectivity index (χ3v) is 5.36. The zero-order chi connectivity index (χ0) is 11.7. The van der Waals surface area contributed by atoms with Gasteiger partial charge in [-0.15, -0.1) is 11.3 Å². The van der Waals surface area contributed by atoms with Crippen LogP contribution in [0.2, 0.25) is 0 Å². The van der Waals surface area contributed by atoms with Gasteiger partial charge in [0.15, 0.2) is 0 Å². The molecule has 1 aliphatic heterocycles. The van der Waals surface area contributed by atoms with Gasteiger partial charge in [0.1, 0.15) is 0 Å². The Morgan fingerprint density at radius 1 is 1.62 bits per heavy atom. The largest absolute Gasteiger partial charge is 0.334 e. The Balaban J connectivity index is 2.16. The van der Waals surface area contributed by atoms with Crippen LogP contribution in [0.25, 0.3) is 0 Å². The maximum atomic E-state index is 12.3. The minimum atomic E-state index is 0.171. The van der Waals surface area contributed by atoms with Gasteiger partial charge in [0.25, 0.3) is 5.91 Å². The fourth-order valence-corrected chi connectivity index (χ4v) is 4.40. The maximum Gasteiger partial charge on any atom is 0.264 e. The summed E-state index contributed by atoms with van der Waals surface area (Å²) in [5, 5.41) is 0.868. The van der Waals surface area contributed by atoms with E-state index in [1.54, 1.807) is 0 Å². The number of alkyl halides is 1. The van der Waals surface area contributed by atoms with E-state index in [1.165, 1.54) is 11.3 Å². The lowest BCUT2D eigenvalue weighted by Gasteiger charge is -2.24. The molecule has 0 radical (unpaired) electrons. The highest BCUT2D eigenvalue weighted by atomic mass is 79.9. The van der Waals surface area contributed by atoms with E-state index < -0.39 is 0 Å². The first-order valence-electron chi connectivity index (χ1n) is 5.25. The van der Waals surface area contributed by atoms with Crippen molar-refractivity contribution in [3.8, 4) is 0 Å². The van der Waals surface area contributed by atoms with E-state index >= 15 is 0 Å². The molecule has 1 fully saturated rings. The van der Waals surface area contributed by atoms with Gasteiger partial charge in [-0.2, -0.15) is 0 Å². The molecule has 2 rings (SSSR count). The molecule has 5 heteroatoms. The number of likely N-dealkylation sites (tertiary alicyclic amines) is 1. The van der Waals surface area contributed by atoms with Gasteiger partial charge in [0.05, 0.1) is 8.66 Å². The topological polar surface area (TPSA) is 20.3 Å². The molecular formula is C11H13Br2NOS. The lowest BCUT2D eigenvalue weighted by Crippen LogP contribution is -2.38. The molecule has 0 bridgehead atoms. The summed E-state index contributed by atoms with van der Waals surface area (Å²) in [5.74, 6) is 0.760. The molecule has 2 atom stereocenters. The van der Waals surface area contributed by atoms with Gasteiger partial charge in [0.2, 0.25) is 0 Å². The van der Waals surface area contributed by atoms with Crippen molar-refractivity contribution in [2.24, 2.45) is 5.92 Å². The van der Waals surface area contributed by atoms with Crippen LogP contribution in [-0.2, 0) is 0 Å². The molecule has 0 aromatic carbocycles. The van der Waals surface area contributed by atoms with Gasteiger partial charge in [-0.05, 0) is 40.4 Å². The summed E-state index contributed by atoms with van der Waals surface area (Å²) in [6.07, 6.45) is 1.11. The first-order chi connectivity index (χ1) is 7.63. The number of carbonyl (C=O) groups excluding carboxylic acids is 1. The number of hydrogen-bond acceptors (Lipinski definition) is 2. The molecule has 2 nitrogen and oxygen atoms in total. The average molecular weight is 367 g/mol. The second kappa shape index (κ2) is 5.19. The lowest BCUT2D eigenvalue weighted by molar-refractivity contribution is 0.0743. The minimum absolute atomic E-state index is 0.171. The molecule has 0 saturated carbocycles. The predicted molar refractivity (Wildman–Crippen MR) is 74.4 cm³/mol. The summed E-state index contributed by atoms with van der Waals surface area (Å²) < 4.78 is 1.01. The summed E-state index contributed by atoms with van der Waals surface area (Å²) in [7, 11) is 0. The predicted octanol–water partition coefficient (Wildman–Crippen LogP) is 3.76. The van der Waals surface area contributed by atoms with Crippen LogP contribution in [0.4, 0.5) is 0 Å². The number of nitrogens with zero attached hydrogens (tertiary/aromatic N) is 1. The van der Waals surface area contributed by atoms with Crippen molar-refractivity contribution >= 4 is 49.1 Å². The molecule has 1 amide bonds. The monoisotopic (exact) mass is 365 g/mol. The van der Waals surface area contributed by atoms with Crippen molar-refractivity contribution in [3.05, 3.63) is 20.8 Å². The molecule has 2 heterocycles. The third kappa shape index (κ3) is 2.36. The molecule has 1 aliphatic rings. The zero-order valence-electron chi connectivity index (χ0n) is 8.95. The quantitative estimate of drug-likeness (QED) is 0.730. The standard InChI is InChI=1S/C11H13Br2NOS/c1-7-4-5-14(8(7)6-12)11(15)9-2-3-10(13)16-9/h2-3,7-8H,4-6H2,1H3. The zero-order valence-corrected chi connectivity index (χ0v) is 12.9. The van der Waals surface area contributed by atoms with Crippen LogP contribution in [0.15, 0.2) is 15.9 Å². The minimum Gasteiger partial charge on any atom is -0.334 e. The van der Waals surface area contributed by atoms with Gasteiger partial charge < -0.3 is 4.90 Å². The van der Waals surface area contributed by atoms with Crippen molar-refractivity contribution in [2.45, 2.75) is 19.4 Å². The Morgan fingerprint density at radius 2 is 2.38 bits per heavy atom. The van der Waals surface area contributed by atoms with Crippen molar-refractivity contribution in [2.75, 3.05) is 11.9 Å². The first kappa shape index (κ1) is 12.6.